The van der Waals surface area contributed by atoms with E-state index >= 15 is 0 Å². The molecule has 82 valence electrons. The number of benzene rings is 2. The fraction of sp³-hybridized carbons (Fsp3) is 0. The maximum absolute atomic E-state index is 12.0. The number of nitriles is 1. The number of carbonyl (C=O) groups is 1. The van der Waals surface area contributed by atoms with E-state index in [0.717, 1.165) is 0 Å². The number of rotatable bonds is 2. The third kappa shape index (κ3) is 2.32. The molecule has 3 heteroatoms. The average molecular weight is 223 g/mol. The van der Waals surface area contributed by atoms with Crippen molar-refractivity contribution in [1.82, 2.24) is 0 Å². The molecule has 1 N–H and O–H groups in total. The van der Waals surface area contributed by atoms with Crippen molar-refractivity contribution in [3.8, 4) is 11.8 Å². The third-order valence-corrected chi connectivity index (χ3v) is 2.38. The summed E-state index contributed by atoms with van der Waals surface area (Å²) >= 11 is 0. The highest BCUT2D eigenvalue weighted by Crippen LogP contribution is 2.14. The molecule has 0 amide bonds. The fourth-order valence-corrected chi connectivity index (χ4v) is 1.51. The fourth-order valence-electron chi connectivity index (χ4n) is 1.51. The Balaban J connectivity index is 2.37. The predicted octanol–water partition coefficient (Wildman–Crippen LogP) is 2.49. The smallest absolute Gasteiger partial charge is 0.193 e. The van der Waals surface area contributed by atoms with Gasteiger partial charge in [0.1, 0.15) is 5.75 Å². The van der Waals surface area contributed by atoms with E-state index in [-0.39, 0.29) is 11.5 Å². The quantitative estimate of drug-likeness (QED) is 0.795. The van der Waals surface area contributed by atoms with E-state index < -0.39 is 0 Å². The Hall–Kier alpha value is -2.60. The summed E-state index contributed by atoms with van der Waals surface area (Å²) < 4.78 is 0. The van der Waals surface area contributed by atoms with Crippen molar-refractivity contribution in [2.24, 2.45) is 0 Å². The van der Waals surface area contributed by atoms with Crippen molar-refractivity contribution in [1.29, 1.82) is 5.26 Å². The van der Waals surface area contributed by atoms with Crippen LogP contribution in [0.5, 0.6) is 5.75 Å². The van der Waals surface area contributed by atoms with Gasteiger partial charge in [0.05, 0.1) is 11.6 Å². The molecule has 0 atom stereocenters. The number of nitrogens with zero attached hydrogens (tertiary/aromatic N) is 1. The SMILES string of the molecule is N#Cc1cccc(C(=O)c2ccc(O)cc2)c1. The third-order valence-electron chi connectivity index (χ3n) is 2.38. The molecule has 17 heavy (non-hydrogen) atoms. The standard InChI is InChI=1S/C14H9NO2/c15-9-10-2-1-3-12(8-10)14(17)11-4-6-13(16)7-5-11/h1-8,16H. The van der Waals surface area contributed by atoms with E-state index in [1.165, 1.54) is 12.1 Å². The van der Waals surface area contributed by atoms with Gasteiger partial charge in [0, 0.05) is 11.1 Å². The highest BCUT2D eigenvalue weighted by Gasteiger charge is 2.09. The van der Waals surface area contributed by atoms with Gasteiger partial charge in [-0.25, -0.2) is 0 Å². The molecule has 0 saturated heterocycles. The molecule has 0 bridgehead atoms. The van der Waals surface area contributed by atoms with Crippen LogP contribution < -0.4 is 0 Å². The molecule has 0 aliphatic rings. The Kier molecular flexibility index (Phi) is 2.89. The molecule has 2 rings (SSSR count). The van der Waals surface area contributed by atoms with Crippen LogP contribution in [0.25, 0.3) is 0 Å². The molecule has 0 fully saturated rings. The molecule has 2 aromatic carbocycles. The summed E-state index contributed by atoms with van der Waals surface area (Å²) in [6, 6.07) is 14.5. The Morgan fingerprint density at radius 1 is 1.06 bits per heavy atom. The summed E-state index contributed by atoms with van der Waals surface area (Å²) in [4.78, 5) is 12.0. The van der Waals surface area contributed by atoms with Gasteiger partial charge in [-0.2, -0.15) is 5.26 Å². The van der Waals surface area contributed by atoms with Crippen molar-refractivity contribution < 1.29 is 9.90 Å². The lowest BCUT2D eigenvalue weighted by Crippen LogP contribution is -2.00. The molecule has 3 nitrogen and oxygen atoms in total. The number of phenols is 1. The minimum absolute atomic E-state index is 0.118. The largest absolute Gasteiger partial charge is 0.508 e. The number of aromatic hydroxyl groups is 1. The summed E-state index contributed by atoms with van der Waals surface area (Å²) in [5, 5.41) is 17.9. The summed E-state index contributed by atoms with van der Waals surface area (Å²) in [5.41, 5.74) is 1.40. The van der Waals surface area contributed by atoms with E-state index in [2.05, 4.69) is 0 Å². The molecule has 0 radical (unpaired) electrons. The molecule has 0 saturated carbocycles. The zero-order valence-electron chi connectivity index (χ0n) is 8.92. The second-order valence-electron chi connectivity index (χ2n) is 3.57. The average Bonchev–Trinajstić information content (AvgIpc) is 2.39. The maximum atomic E-state index is 12.0. The lowest BCUT2D eigenvalue weighted by molar-refractivity contribution is 0.103. The molecule has 0 spiro atoms. The van der Waals surface area contributed by atoms with Crippen molar-refractivity contribution in [3.05, 3.63) is 65.2 Å². The maximum Gasteiger partial charge on any atom is 0.193 e. The van der Waals surface area contributed by atoms with Crippen LogP contribution >= 0.6 is 0 Å². The summed E-state index contributed by atoms with van der Waals surface area (Å²) in [6.45, 7) is 0. The number of phenolic OH excluding ortho intramolecular Hbond substituents is 1. The van der Waals surface area contributed by atoms with E-state index in [4.69, 9.17) is 10.4 Å². The first kappa shape index (κ1) is 10.9. The lowest BCUT2D eigenvalue weighted by Gasteiger charge is -2.01. The van der Waals surface area contributed by atoms with E-state index in [1.54, 1.807) is 36.4 Å². The first-order chi connectivity index (χ1) is 8.20. The number of hydrogen-bond acceptors (Lipinski definition) is 3. The highest BCUT2D eigenvalue weighted by atomic mass is 16.3. The molecular weight excluding hydrogens is 214 g/mol. The van der Waals surface area contributed by atoms with Gasteiger partial charge >= 0.3 is 0 Å². The molecule has 2 aromatic rings. The zero-order chi connectivity index (χ0) is 12.3. The van der Waals surface area contributed by atoms with E-state index in [9.17, 15) is 4.79 Å². The van der Waals surface area contributed by atoms with Crippen LogP contribution in [-0.4, -0.2) is 10.9 Å². The van der Waals surface area contributed by atoms with Gasteiger partial charge in [-0.1, -0.05) is 12.1 Å². The van der Waals surface area contributed by atoms with Crippen molar-refractivity contribution in [2.45, 2.75) is 0 Å². The van der Waals surface area contributed by atoms with Crippen LogP contribution in [0.4, 0.5) is 0 Å². The molecule has 0 aliphatic carbocycles. The van der Waals surface area contributed by atoms with Crippen LogP contribution in [0.2, 0.25) is 0 Å². The van der Waals surface area contributed by atoms with Crippen molar-refractivity contribution in [3.63, 3.8) is 0 Å². The minimum Gasteiger partial charge on any atom is -0.508 e. The zero-order valence-corrected chi connectivity index (χ0v) is 8.92. The molecule has 0 aliphatic heterocycles. The number of carbonyl (C=O) groups excluding carboxylic acids is 1. The van der Waals surface area contributed by atoms with Crippen LogP contribution in [0, 0.1) is 11.3 Å². The van der Waals surface area contributed by atoms with E-state index in [0.29, 0.717) is 16.7 Å². The van der Waals surface area contributed by atoms with Gasteiger partial charge in [-0.05, 0) is 36.4 Å². The van der Waals surface area contributed by atoms with Gasteiger partial charge in [-0.15, -0.1) is 0 Å². The minimum atomic E-state index is -0.165. The van der Waals surface area contributed by atoms with Crippen LogP contribution in [-0.2, 0) is 0 Å². The van der Waals surface area contributed by atoms with E-state index in [1.807, 2.05) is 6.07 Å². The Bertz CT molecular complexity index is 594. The van der Waals surface area contributed by atoms with Crippen molar-refractivity contribution in [2.75, 3.05) is 0 Å². The Morgan fingerprint density at radius 3 is 2.41 bits per heavy atom. The monoisotopic (exact) mass is 223 g/mol. The molecular formula is C14H9NO2. The summed E-state index contributed by atoms with van der Waals surface area (Å²) in [6.07, 6.45) is 0. The molecule has 0 heterocycles. The normalized spacial score (nSPS) is 9.59. The first-order valence-electron chi connectivity index (χ1n) is 5.04. The highest BCUT2D eigenvalue weighted by molar-refractivity contribution is 6.09. The number of hydrogen-bond donors (Lipinski definition) is 1. The van der Waals surface area contributed by atoms with Gasteiger partial charge in [0.25, 0.3) is 0 Å². The summed E-state index contributed by atoms with van der Waals surface area (Å²) in [7, 11) is 0. The Morgan fingerprint density at radius 2 is 1.76 bits per heavy atom. The van der Waals surface area contributed by atoms with Crippen molar-refractivity contribution >= 4 is 5.78 Å². The number of ketones is 1. The summed E-state index contributed by atoms with van der Waals surface area (Å²) in [5.74, 6) is -0.0468. The predicted molar refractivity (Wildman–Crippen MR) is 62.7 cm³/mol. The van der Waals surface area contributed by atoms with Crippen LogP contribution in [0.15, 0.2) is 48.5 Å². The second-order valence-corrected chi connectivity index (χ2v) is 3.57. The van der Waals surface area contributed by atoms with Gasteiger partial charge in [0.15, 0.2) is 5.78 Å². The molecule has 0 aromatic heterocycles. The molecule has 0 unspecified atom stereocenters. The second kappa shape index (κ2) is 4.50. The van der Waals surface area contributed by atoms with Gasteiger partial charge < -0.3 is 5.11 Å². The Labute approximate surface area is 98.6 Å². The first-order valence-corrected chi connectivity index (χ1v) is 5.04. The van der Waals surface area contributed by atoms with Gasteiger partial charge in [0.2, 0.25) is 0 Å². The lowest BCUT2D eigenvalue weighted by atomic mass is 10.0. The van der Waals surface area contributed by atoms with Crippen LogP contribution in [0.1, 0.15) is 21.5 Å². The van der Waals surface area contributed by atoms with Crippen LogP contribution in [0.3, 0.4) is 0 Å². The topological polar surface area (TPSA) is 61.1 Å². The van der Waals surface area contributed by atoms with Gasteiger partial charge in [-0.3, -0.25) is 4.79 Å².